The molecule has 2 amide bonds. The molecule has 2 aromatic rings. The van der Waals surface area contributed by atoms with Crippen LogP contribution in [-0.2, 0) is 9.59 Å². The van der Waals surface area contributed by atoms with Crippen LogP contribution >= 0.6 is 0 Å². The van der Waals surface area contributed by atoms with Gasteiger partial charge in [0.15, 0.2) is 23.0 Å². The Balaban J connectivity index is 1.55. The van der Waals surface area contributed by atoms with Gasteiger partial charge in [0.2, 0.25) is 11.8 Å². The van der Waals surface area contributed by atoms with E-state index in [1.165, 1.54) is 0 Å². The molecule has 0 aliphatic rings. The predicted octanol–water partition coefficient (Wildman–Crippen LogP) is 4.05. The molecule has 0 bridgehead atoms. The minimum absolute atomic E-state index is 0.136. The van der Waals surface area contributed by atoms with E-state index >= 15 is 0 Å². The lowest BCUT2D eigenvalue weighted by Gasteiger charge is -2.07. The van der Waals surface area contributed by atoms with Crippen LogP contribution in [0.15, 0.2) is 46.6 Å². The van der Waals surface area contributed by atoms with Gasteiger partial charge in [0, 0.05) is 12.8 Å². The molecule has 0 unspecified atom stereocenters. The number of rotatable bonds is 16. The molecule has 37 heavy (non-hydrogen) atoms. The fourth-order valence-electron chi connectivity index (χ4n) is 3.44. The van der Waals surface area contributed by atoms with Crippen molar-refractivity contribution in [2.24, 2.45) is 10.2 Å². The highest BCUT2D eigenvalue weighted by Crippen LogP contribution is 2.27. The van der Waals surface area contributed by atoms with Crippen molar-refractivity contribution in [1.29, 1.82) is 0 Å². The summed E-state index contributed by atoms with van der Waals surface area (Å²) in [6.45, 7) is 0. The molecule has 0 heterocycles. The number of hydrogen-bond donors (Lipinski definition) is 2. The third-order valence-corrected chi connectivity index (χ3v) is 5.43. The zero-order chi connectivity index (χ0) is 26.9. The first-order chi connectivity index (χ1) is 18.0. The van der Waals surface area contributed by atoms with Gasteiger partial charge < -0.3 is 18.9 Å². The summed E-state index contributed by atoms with van der Waals surface area (Å²) in [6, 6.07) is 10.8. The monoisotopic (exact) mass is 512 g/mol. The second kappa shape index (κ2) is 16.6. The van der Waals surface area contributed by atoms with Crippen LogP contribution in [0.5, 0.6) is 23.0 Å². The van der Waals surface area contributed by atoms with Crippen molar-refractivity contribution in [2.45, 2.75) is 44.9 Å². The number of amides is 2. The predicted molar refractivity (Wildman–Crippen MR) is 143 cm³/mol. The summed E-state index contributed by atoms with van der Waals surface area (Å²) in [6.07, 6.45) is 8.20. The molecular formula is C27H36N4O6. The number of carbonyl (C=O) groups excluding carboxylic acids is 2. The van der Waals surface area contributed by atoms with Crippen LogP contribution in [0.1, 0.15) is 56.1 Å². The fraction of sp³-hybridized carbons (Fsp3) is 0.407. The van der Waals surface area contributed by atoms with Crippen molar-refractivity contribution in [1.82, 2.24) is 10.9 Å². The summed E-state index contributed by atoms with van der Waals surface area (Å²) < 4.78 is 20.9. The molecule has 0 saturated heterocycles. The topological polar surface area (TPSA) is 120 Å². The van der Waals surface area contributed by atoms with Gasteiger partial charge in [0.25, 0.3) is 0 Å². The summed E-state index contributed by atoms with van der Waals surface area (Å²) in [5, 5.41) is 7.98. The highest BCUT2D eigenvalue weighted by atomic mass is 16.5. The lowest BCUT2D eigenvalue weighted by molar-refractivity contribution is -0.121. The van der Waals surface area contributed by atoms with Gasteiger partial charge in [0.1, 0.15) is 0 Å². The van der Waals surface area contributed by atoms with Crippen LogP contribution in [-0.4, -0.2) is 52.7 Å². The third-order valence-electron chi connectivity index (χ3n) is 5.43. The van der Waals surface area contributed by atoms with Crippen LogP contribution in [0.2, 0.25) is 0 Å². The number of methoxy groups -OCH3 is 4. The van der Waals surface area contributed by atoms with Crippen molar-refractivity contribution >= 4 is 24.2 Å². The molecule has 0 aromatic heterocycles. The first-order valence-corrected chi connectivity index (χ1v) is 12.1. The van der Waals surface area contributed by atoms with Crippen molar-refractivity contribution in [3.63, 3.8) is 0 Å². The first kappa shape index (κ1) is 29.2. The van der Waals surface area contributed by atoms with E-state index in [4.69, 9.17) is 18.9 Å². The SMILES string of the molecule is COc1ccc(C=NNC(=O)CCCCCCCC(=O)NN=Cc2ccc(OC)c(OC)c2)cc1OC. The van der Waals surface area contributed by atoms with E-state index < -0.39 is 0 Å². The van der Waals surface area contributed by atoms with Gasteiger partial charge in [0.05, 0.1) is 40.9 Å². The molecule has 200 valence electrons. The summed E-state index contributed by atoms with van der Waals surface area (Å²) in [4.78, 5) is 23.9. The average molecular weight is 513 g/mol. The molecule has 0 radical (unpaired) electrons. The van der Waals surface area contributed by atoms with E-state index in [0.29, 0.717) is 35.8 Å². The fourth-order valence-corrected chi connectivity index (χ4v) is 3.44. The van der Waals surface area contributed by atoms with Crippen molar-refractivity contribution in [3.05, 3.63) is 47.5 Å². The second-order valence-electron chi connectivity index (χ2n) is 8.08. The Bertz CT molecular complexity index is 987. The number of unbranched alkanes of at least 4 members (excludes halogenated alkanes) is 4. The van der Waals surface area contributed by atoms with Gasteiger partial charge in [-0.15, -0.1) is 0 Å². The third kappa shape index (κ3) is 10.6. The van der Waals surface area contributed by atoms with Crippen LogP contribution < -0.4 is 29.8 Å². The van der Waals surface area contributed by atoms with Crippen LogP contribution in [0.3, 0.4) is 0 Å². The summed E-state index contributed by atoms with van der Waals surface area (Å²) >= 11 is 0. The van der Waals surface area contributed by atoms with Gasteiger partial charge in [-0.2, -0.15) is 10.2 Å². The number of carbonyl (C=O) groups is 2. The number of nitrogens with one attached hydrogen (secondary N) is 2. The molecular weight excluding hydrogens is 476 g/mol. The molecule has 0 fully saturated rings. The van der Waals surface area contributed by atoms with E-state index in [0.717, 1.165) is 43.2 Å². The smallest absolute Gasteiger partial charge is 0.240 e. The number of hydrazone groups is 2. The lowest BCUT2D eigenvalue weighted by atomic mass is 10.1. The molecule has 0 saturated carbocycles. The highest BCUT2D eigenvalue weighted by molar-refractivity contribution is 5.84. The van der Waals surface area contributed by atoms with Crippen molar-refractivity contribution < 1.29 is 28.5 Å². The van der Waals surface area contributed by atoms with E-state index in [1.54, 1.807) is 65.1 Å². The molecule has 0 atom stereocenters. The maximum atomic E-state index is 12.0. The molecule has 0 spiro atoms. The Morgan fingerprint density at radius 3 is 1.38 bits per heavy atom. The Hall–Kier alpha value is -4.08. The van der Waals surface area contributed by atoms with E-state index in [1.807, 2.05) is 12.1 Å². The molecule has 2 N–H and O–H groups in total. The van der Waals surface area contributed by atoms with Crippen LogP contribution in [0.4, 0.5) is 0 Å². The zero-order valence-corrected chi connectivity index (χ0v) is 21.9. The van der Waals surface area contributed by atoms with Gasteiger partial charge in [-0.25, -0.2) is 10.9 Å². The Morgan fingerprint density at radius 1 is 0.622 bits per heavy atom. The molecule has 2 rings (SSSR count). The Morgan fingerprint density at radius 2 is 1.00 bits per heavy atom. The average Bonchev–Trinajstić information content (AvgIpc) is 2.92. The number of hydrogen-bond acceptors (Lipinski definition) is 8. The van der Waals surface area contributed by atoms with E-state index in [-0.39, 0.29) is 11.8 Å². The lowest BCUT2D eigenvalue weighted by Crippen LogP contribution is -2.17. The van der Waals surface area contributed by atoms with Crippen molar-refractivity contribution in [3.8, 4) is 23.0 Å². The molecule has 10 heteroatoms. The number of nitrogens with zero attached hydrogens (tertiary/aromatic N) is 2. The minimum atomic E-state index is -0.136. The van der Waals surface area contributed by atoms with Gasteiger partial charge in [-0.3, -0.25) is 9.59 Å². The number of benzene rings is 2. The van der Waals surface area contributed by atoms with Crippen LogP contribution in [0.25, 0.3) is 0 Å². The normalized spacial score (nSPS) is 10.9. The maximum absolute atomic E-state index is 12.0. The maximum Gasteiger partial charge on any atom is 0.240 e. The standard InChI is InChI=1S/C27H36N4O6/c1-34-22-14-12-20(16-24(22)36-3)18-28-30-26(32)10-8-6-5-7-9-11-27(33)31-29-19-21-13-15-23(35-2)25(17-21)37-4/h12-19H,5-11H2,1-4H3,(H,30,32)(H,31,33). The summed E-state index contributed by atoms with van der Waals surface area (Å²) in [7, 11) is 6.27. The largest absolute Gasteiger partial charge is 0.493 e. The molecule has 10 nitrogen and oxygen atoms in total. The van der Waals surface area contributed by atoms with Gasteiger partial charge >= 0.3 is 0 Å². The van der Waals surface area contributed by atoms with Gasteiger partial charge in [-0.1, -0.05) is 19.3 Å². The first-order valence-electron chi connectivity index (χ1n) is 12.1. The highest BCUT2D eigenvalue weighted by Gasteiger charge is 2.05. The summed E-state index contributed by atoms with van der Waals surface area (Å²) in [5.74, 6) is 2.18. The minimum Gasteiger partial charge on any atom is -0.493 e. The van der Waals surface area contributed by atoms with Crippen LogP contribution in [0, 0.1) is 0 Å². The van der Waals surface area contributed by atoms with Gasteiger partial charge in [-0.05, 0) is 60.4 Å². The molecule has 0 aliphatic carbocycles. The quantitative estimate of drug-likeness (QED) is 0.199. The molecule has 2 aromatic carbocycles. The van der Waals surface area contributed by atoms with E-state index in [9.17, 15) is 9.59 Å². The Labute approximate surface area is 218 Å². The number of ether oxygens (including phenoxy) is 4. The van der Waals surface area contributed by atoms with E-state index in [2.05, 4.69) is 21.1 Å². The second-order valence-corrected chi connectivity index (χ2v) is 8.08. The zero-order valence-electron chi connectivity index (χ0n) is 21.9. The Kier molecular flexibility index (Phi) is 13.1. The van der Waals surface area contributed by atoms with Crippen molar-refractivity contribution in [2.75, 3.05) is 28.4 Å². The molecule has 0 aliphatic heterocycles. The summed E-state index contributed by atoms with van der Waals surface area (Å²) in [5.41, 5.74) is 6.64.